The number of hydrogen-bond acceptors (Lipinski definition) is 2. The summed E-state index contributed by atoms with van der Waals surface area (Å²) in [6, 6.07) is 3.99. The van der Waals surface area contributed by atoms with Gasteiger partial charge in [0.1, 0.15) is 5.82 Å². The maximum absolute atomic E-state index is 13.4. The Morgan fingerprint density at radius 1 is 1.40 bits per heavy atom. The number of rotatable bonds is 2. The molecular formula is C11H14FNO2. The van der Waals surface area contributed by atoms with E-state index in [4.69, 9.17) is 5.11 Å². The van der Waals surface area contributed by atoms with Crippen LogP contribution in [0.5, 0.6) is 0 Å². The summed E-state index contributed by atoms with van der Waals surface area (Å²) in [6.07, 6.45) is 0. The fourth-order valence-electron chi connectivity index (χ4n) is 1.20. The predicted molar refractivity (Wildman–Crippen MR) is 56.7 cm³/mol. The standard InChI is InChI=1S/C11H14FNO2/c1-11(2,3)13-9-7(10(14)15)5-4-6-8(9)12/h4-6,13H,1-3H3,(H,14,15). The summed E-state index contributed by atoms with van der Waals surface area (Å²) in [5, 5.41) is 11.7. The van der Waals surface area contributed by atoms with Gasteiger partial charge in [0.15, 0.2) is 0 Å². The van der Waals surface area contributed by atoms with Crippen molar-refractivity contribution in [2.45, 2.75) is 26.3 Å². The summed E-state index contributed by atoms with van der Waals surface area (Å²) in [4.78, 5) is 10.9. The fourth-order valence-corrected chi connectivity index (χ4v) is 1.20. The third kappa shape index (κ3) is 2.94. The number of carboxylic acids is 1. The molecule has 0 radical (unpaired) electrons. The lowest BCUT2D eigenvalue weighted by molar-refractivity contribution is 0.0697. The Kier molecular flexibility index (Phi) is 2.98. The SMILES string of the molecule is CC(C)(C)Nc1c(F)cccc1C(=O)O. The van der Waals surface area contributed by atoms with Crippen molar-refractivity contribution in [3.8, 4) is 0 Å². The zero-order valence-electron chi connectivity index (χ0n) is 8.97. The van der Waals surface area contributed by atoms with Gasteiger partial charge in [-0.05, 0) is 32.9 Å². The summed E-state index contributed by atoms with van der Waals surface area (Å²) in [5.41, 5.74) is -0.394. The molecule has 1 rings (SSSR count). The Hall–Kier alpha value is -1.58. The Balaban J connectivity index is 3.19. The predicted octanol–water partition coefficient (Wildman–Crippen LogP) is 2.73. The highest BCUT2D eigenvalue weighted by molar-refractivity contribution is 5.94. The first-order chi connectivity index (χ1) is 6.81. The third-order valence-electron chi connectivity index (χ3n) is 1.74. The van der Waals surface area contributed by atoms with Crippen LogP contribution < -0.4 is 5.32 Å². The number of hydrogen-bond donors (Lipinski definition) is 2. The van der Waals surface area contributed by atoms with Gasteiger partial charge in [-0.25, -0.2) is 9.18 Å². The van der Waals surface area contributed by atoms with E-state index < -0.39 is 11.8 Å². The summed E-state index contributed by atoms with van der Waals surface area (Å²) < 4.78 is 13.4. The van der Waals surface area contributed by atoms with Crippen molar-refractivity contribution in [1.82, 2.24) is 0 Å². The highest BCUT2D eigenvalue weighted by Gasteiger charge is 2.18. The third-order valence-corrected chi connectivity index (χ3v) is 1.74. The van der Waals surface area contributed by atoms with Crippen LogP contribution >= 0.6 is 0 Å². The second-order valence-corrected chi connectivity index (χ2v) is 4.34. The number of aromatic carboxylic acids is 1. The Labute approximate surface area is 87.9 Å². The van der Waals surface area contributed by atoms with Crippen LogP contribution in [0.15, 0.2) is 18.2 Å². The van der Waals surface area contributed by atoms with Gasteiger partial charge in [0.25, 0.3) is 0 Å². The molecule has 0 fully saturated rings. The van der Waals surface area contributed by atoms with E-state index in [0.717, 1.165) is 0 Å². The zero-order valence-corrected chi connectivity index (χ0v) is 8.97. The van der Waals surface area contributed by atoms with E-state index in [1.807, 2.05) is 20.8 Å². The average Bonchev–Trinajstić information content (AvgIpc) is 2.05. The minimum Gasteiger partial charge on any atom is -0.478 e. The van der Waals surface area contributed by atoms with Crippen molar-refractivity contribution in [1.29, 1.82) is 0 Å². The zero-order chi connectivity index (χ0) is 11.6. The molecule has 0 spiro atoms. The average molecular weight is 211 g/mol. The molecule has 15 heavy (non-hydrogen) atoms. The number of para-hydroxylation sites is 1. The number of carboxylic acid groups (broad SMARTS) is 1. The lowest BCUT2D eigenvalue weighted by Crippen LogP contribution is -2.28. The van der Waals surface area contributed by atoms with E-state index in [1.54, 1.807) is 0 Å². The molecule has 1 aromatic carbocycles. The van der Waals surface area contributed by atoms with Crippen molar-refractivity contribution in [3.63, 3.8) is 0 Å². The van der Waals surface area contributed by atoms with Crippen LogP contribution in [0.1, 0.15) is 31.1 Å². The van der Waals surface area contributed by atoms with E-state index >= 15 is 0 Å². The van der Waals surface area contributed by atoms with E-state index in [1.165, 1.54) is 18.2 Å². The monoisotopic (exact) mass is 211 g/mol. The Morgan fingerprint density at radius 3 is 2.47 bits per heavy atom. The van der Waals surface area contributed by atoms with Gasteiger partial charge in [-0.2, -0.15) is 0 Å². The first kappa shape index (κ1) is 11.5. The van der Waals surface area contributed by atoms with E-state index in [-0.39, 0.29) is 16.8 Å². The second kappa shape index (κ2) is 3.88. The molecule has 0 aliphatic carbocycles. The molecule has 2 N–H and O–H groups in total. The van der Waals surface area contributed by atoms with Gasteiger partial charge in [-0.15, -0.1) is 0 Å². The second-order valence-electron chi connectivity index (χ2n) is 4.34. The molecule has 0 aliphatic rings. The lowest BCUT2D eigenvalue weighted by Gasteiger charge is -2.23. The minimum atomic E-state index is -1.14. The van der Waals surface area contributed by atoms with Crippen LogP contribution in [0, 0.1) is 5.82 Å². The largest absolute Gasteiger partial charge is 0.478 e. The number of carbonyl (C=O) groups is 1. The molecule has 82 valence electrons. The quantitative estimate of drug-likeness (QED) is 0.790. The molecule has 4 heteroatoms. The summed E-state index contributed by atoms with van der Waals surface area (Å²) in [5.74, 6) is -1.69. The highest BCUT2D eigenvalue weighted by atomic mass is 19.1. The molecule has 3 nitrogen and oxygen atoms in total. The smallest absolute Gasteiger partial charge is 0.337 e. The van der Waals surface area contributed by atoms with Crippen LogP contribution in [0.25, 0.3) is 0 Å². The van der Waals surface area contributed by atoms with Gasteiger partial charge in [-0.1, -0.05) is 6.07 Å². The molecule has 0 amide bonds. The van der Waals surface area contributed by atoms with Crippen LogP contribution in [-0.2, 0) is 0 Å². The maximum Gasteiger partial charge on any atom is 0.337 e. The topological polar surface area (TPSA) is 49.3 Å². The van der Waals surface area contributed by atoms with E-state index in [0.29, 0.717) is 0 Å². The Morgan fingerprint density at radius 2 is 2.00 bits per heavy atom. The number of halogens is 1. The molecule has 1 aromatic rings. The van der Waals surface area contributed by atoms with E-state index in [9.17, 15) is 9.18 Å². The van der Waals surface area contributed by atoms with Crippen molar-refractivity contribution in [3.05, 3.63) is 29.6 Å². The molecular weight excluding hydrogens is 197 g/mol. The number of anilines is 1. The van der Waals surface area contributed by atoms with Gasteiger partial charge in [0, 0.05) is 5.54 Å². The lowest BCUT2D eigenvalue weighted by atomic mass is 10.1. The minimum absolute atomic E-state index is 0.0394. The van der Waals surface area contributed by atoms with Gasteiger partial charge < -0.3 is 10.4 Å². The van der Waals surface area contributed by atoms with Crippen LogP contribution in [0.3, 0.4) is 0 Å². The normalized spacial score (nSPS) is 11.2. The van der Waals surface area contributed by atoms with Crippen LogP contribution in [-0.4, -0.2) is 16.6 Å². The summed E-state index contributed by atoms with van der Waals surface area (Å²) >= 11 is 0. The molecule has 0 heterocycles. The highest BCUT2D eigenvalue weighted by Crippen LogP contribution is 2.23. The van der Waals surface area contributed by atoms with E-state index in [2.05, 4.69) is 5.32 Å². The molecule has 0 aliphatic heterocycles. The Bertz CT molecular complexity index is 383. The summed E-state index contributed by atoms with van der Waals surface area (Å²) in [7, 11) is 0. The summed E-state index contributed by atoms with van der Waals surface area (Å²) in [6.45, 7) is 5.52. The maximum atomic E-state index is 13.4. The van der Waals surface area contributed by atoms with Crippen molar-refractivity contribution < 1.29 is 14.3 Å². The van der Waals surface area contributed by atoms with Crippen molar-refractivity contribution in [2.24, 2.45) is 0 Å². The van der Waals surface area contributed by atoms with Crippen LogP contribution in [0.2, 0.25) is 0 Å². The molecule has 0 atom stereocenters. The van der Waals surface area contributed by atoms with Crippen molar-refractivity contribution in [2.75, 3.05) is 5.32 Å². The van der Waals surface area contributed by atoms with Gasteiger partial charge in [0.05, 0.1) is 11.3 Å². The van der Waals surface area contributed by atoms with Crippen molar-refractivity contribution >= 4 is 11.7 Å². The van der Waals surface area contributed by atoms with Crippen LogP contribution in [0.4, 0.5) is 10.1 Å². The van der Waals surface area contributed by atoms with Gasteiger partial charge in [0.2, 0.25) is 0 Å². The number of nitrogens with one attached hydrogen (secondary N) is 1. The fraction of sp³-hybridized carbons (Fsp3) is 0.364. The molecule has 0 saturated carbocycles. The first-order valence-electron chi connectivity index (χ1n) is 4.61. The molecule has 0 unspecified atom stereocenters. The number of benzene rings is 1. The molecule has 0 saturated heterocycles. The molecule has 0 aromatic heterocycles. The molecule has 0 bridgehead atoms. The first-order valence-corrected chi connectivity index (χ1v) is 4.61. The van der Waals surface area contributed by atoms with Gasteiger partial charge in [-0.3, -0.25) is 0 Å². The van der Waals surface area contributed by atoms with Gasteiger partial charge >= 0.3 is 5.97 Å².